The van der Waals surface area contributed by atoms with E-state index >= 15 is 0 Å². The molecule has 1 aromatic carbocycles. The van der Waals surface area contributed by atoms with E-state index < -0.39 is 0 Å². The Hall–Kier alpha value is -1.07. The van der Waals surface area contributed by atoms with Crippen LogP contribution in [0, 0.1) is 0 Å². The number of hydrogen-bond acceptors (Lipinski definition) is 4. The standard InChI is InChI=1S/C12H13ClN4S/c13-10-7-4-8-11(10)18-12-14-16-17(15-12)9-5-2-1-3-6-9/h1-3,5-6,10-11H,4,7-8H2/t10-,11-/m0/s1. The molecular formula is C12H13ClN4S. The molecule has 0 amide bonds. The number of hydrogen-bond donors (Lipinski definition) is 0. The highest BCUT2D eigenvalue weighted by atomic mass is 35.5. The van der Waals surface area contributed by atoms with Gasteiger partial charge in [0, 0.05) is 10.6 Å². The number of rotatable bonds is 3. The molecule has 1 aliphatic carbocycles. The average molecular weight is 281 g/mol. The summed E-state index contributed by atoms with van der Waals surface area (Å²) in [6.45, 7) is 0. The minimum Gasteiger partial charge on any atom is -0.130 e. The van der Waals surface area contributed by atoms with Crippen LogP contribution in [0.25, 0.3) is 5.69 Å². The van der Waals surface area contributed by atoms with Crippen molar-refractivity contribution in [2.24, 2.45) is 0 Å². The summed E-state index contributed by atoms with van der Waals surface area (Å²) in [5, 5.41) is 13.9. The minimum atomic E-state index is 0.235. The summed E-state index contributed by atoms with van der Waals surface area (Å²) in [5.74, 6) is 0. The molecule has 1 heterocycles. The fourth-order valence-electron chi connectivity index (χ4n) is 2.07. The topological polar surface area (TPSA) is 43.6 Å². The van der Waals surface area contributed by atoms with E-state index in [1.54, 1.807) is 16.6 Å². The van der Waals surface area contributed by atoms with Crippen LogP contribution in [0.2, 0.25) is 0 Å². The van der Waals surface area contributed by atoms with Gasteiger partial charge in [-0.3, -0.25) is 0 Å². The summed E-state index contributed by atoms with van der Waals surface area (Å²) in [5.41, 5.74) is 0.922. The molecule has 4 nitrogen and oxygen atoms in total. The summed E-state index contributed by atoms with van der Waals surface area (Å²) in [6.07, 6.45) is 3.42. The van der Waals surface area contributed by atoms with Gasteiger partial charge in [0.1, 0.15) is 0 Å². The van der Waals surface area contributed by atoms with Crippen LogP contribution in [0.3, 0.4) is 0 Å². The first-order chi connectivity index (χ1) is 8.83. The van der Waals surface area contributed by atoms with Crippen LogP contribution >= 0.6 is 23.4 Å². The van der Waals surface area contributed by atoms with E-state index in [1.807, 2.05) is 30.3 Å². The predicted octanol–water partition coefficient (Wildman–Crippen LogP) is 2.91. The summed E-state index contributed by atoms with van der Waals surface area (Å²) in [4.78, 5) is 1.56. The smallest absolute Gasteiger partial charge is 0.130 e. The second-order valence-corrected chi connectivity index (χ2v) is 6.07. The van der Waals surface area contributed by atoms with Crippen molar-refractivity contribution >= 4 is 23.4 Å². The molecule has 94 valence electrons. The van der Waals surface area contributed by atoms with Crippen molar-refractivity contribution in [2.45, 2.75) is 35.0 Å². The molecule has 2 aromatic rings. The van der Waals surface area contributed by atoms with Crippen molar-refractivity contribution in [1.82, 2.24) is 20.2 Å². The number of para-hydroxylation sites is 1. The molecule has 0 radical (unpaired) electrons. The molecule has 0 saturated heterocycles. The third kappa shape index (κ3) is 2.52. The Morgan fingerprint density at radius 2 is 2.06 bits per heavy atom. The van der Waals surface area contributed by atoms with Crippen molar-refractivity contribution in [2.75, 3.05) is 0 Å². The molecular weight excluding hydrogens is 268 g/mol. The molecule has 18 heavy (non-hydrogen) atoms. The van der Waals surface area contributed by atoms with E-state index in [0.717, 1.165) is 18.5 Å². The van der Waals surface area contributed by atoms with Gasteiger partial charge in [-0.15, -0.1) is 26.6 Å². The zero-order valence-electron chi connectivity index (χ0n) is 9.74. The third-order valence-corrected chi connectivity index (χ3v) is 4.92. The highest BCUT2D eigenvalue weighted by Crippen LogP contribution is 2.36. The van der Waals surface area contributed by atoms with Gasteiger partial charge in [0.15, 0.2) is 0 Å². The lowest BCUT2D eigenvalue weighted by atomic mass is 10.3. The van der Waals surface area contributed by atoms with Crippen LogP contribution in [-0.4, -0.2) is 30.8 Å². The first-order valence-corrected chi connectivity index (χ1v) is 7.31. The van der Waals surface area contributed by atoms with Crippen LogP contribution < -0.4 is 0 Å². The van der Waals surface area contributed by atoms with Crippen LogP contribution in [0.15, 0.2) is 35.5 Å². The zero-order chi connectivity index (χ0) is 12.4. The second kappa shape index (κ2) is 5.28. The van der Waals surface area contributed by atoms with Gasteiger partial charge >= 0.3 is 0 Å². The van der Waals surface area contributed by atoms with Gasteiger partial charge in [-0.2, -0.15) is 0 Å². The Morgan fingerprint density at radius 1 is 1.22 bits per heavy atom. The van der Waals surface area contributed by atoms with E-state index in [1.165, 1.54) is 6.42 Å². The van der Waals surface area contributed by atoms with Gasteiger partial charge in [-0.25, -0.2) is 0 Å². The summed E-state index contributed by atoms with van der Waals surface area (Å²) >= 11 is 7.89. The highest BCUT2D eigenvalue weighted by molar-refractivity contribution is 7.99. The van der Waals surface area contributed by atoms with Gasteiger partial charge in [-0.05, 0) is 30.2 Å². The normalized spacial score (nSPS) is 23.4. The van der Waals surface area contributed by atoms with Gasteiger partial charge in [0.25, 0.3) is 0 Å². The van der Waals surface area contributed by atoms with Crippen molar-refractivity contribution < 1.29 is 0 Å². The maximum atomic E-state index is 6.25. The van der Waals surface area contributed by atoms with Crippen LogP contribution in [0.4, 0.5) is 0 Å². The van der Waals surface area contributed by atoms with Crippen molar-refractivity contribution in [3.8, 4) is 5.69 Å². The molecule has 0 unspecified atom stereocenters. The van der Waals surface area contributed by atoms with Gasteiger partial charge in [0.2, 0.25) is 5.16 Å². The lowest BCUT2D eigenvalue weighted by Crippen LogP contribution is -2.09. The molecule has 0 N–H and O–H groups in total. The number of nitrogens with zero attached hydrogens (tertiary/aromatic N) is 4. The van der Waals surface area contributed by atoms with E-state index in [9.17, 15) is 0 Å². The monoisotopic (exact) mass is 280 g/mol. The molecule has 0 aliphatic heterocycles. The van der Waals surface area contributed by atoms with E-state index in [4.69, 9.17) is 11.6 Å². The van der Waals surface area contributed by atoms with E-state index in [2.05, 4.69) is 15.4 Å². The van der Waals surface area contributed by atoms with Crippen LogP contribution in [-0.2, 0) is 0 Å². The Balaban J connectivity index is 1.74. The van der Waals surface area contributed by atoms with E-state index in [0.29, 0.717) is 10.4 Å². The predicted molar refractivity (Wildman–Crippen MR) is 72.3 cm³/mol. The maximum Gasteiger partial charge on any atom is 0.231 e. The van der Waals surface area contributed by atoms with Crippen LogP contribution in [0.1, 0.15) is 19.3 Å². The zero-order valence-corrected chi connectivity index (χ0v) is 11.3. The fraction of sp³-hybridized carbons (Fsp3) is 0.417. The van der Waals surface area contributed by atoms with Gasteiger partial charge in [0.05, 0.1) is 5.69 Å². The number of tetrazole rings is 1. The Bertz CT molecular complexity index is 516. The number of thioether (sulfide) groups is 1. The molecule has 6 heteroatoms. The Labute approximate surface area is 115 Å². The maximum absolute atomic E-state index is 6.25. The lowest BCUT2D eigenvalue weighted by molar-refractivity contribution is 0.716. The Kier molecular flexibility index (Phi) is 3.52. The molecule has 0 bridgehead atoms. The van der Waals surface area contributed by atoms with Crippen molar-refractivity contribution in [3.05, 3.63) is 30.3 Å². The molecule has 1 fully saturated rings. The molecule has 1 aromatic heterocycles. The van der Waals surface area contributed by atoms with Gasteiger partial charge in [-0.1, -0.05) is 36.4 Å². The Morgan fingerprint density at radius 3 is 2.78 bits per heavy atom. The number of halogens is 1. The second-order valence-electron chi connectivity index (χ2n) is 4.30. The van der Waals surface area contributed by atoms with Crippen molar-refractivity contribution in [1.29, 1.82) is 0 Å². The third-order valence-electron chi connectivity index (χ3n) is 3.01. The summed E-state index contributed by atoms with van der Waals surface area (Å²) in [6, 6.07) is 9.79. The van der Waals surface area contributed by atoms with E-state index in [-0.39, 0.29) is 5.38 Å². The SMILES string of the molecule is Cl[C@H]1CCC[C@@H]1Sc1nnn(-c2ccccc2)n1. The molecule has 1 aliphatic rings. The molecule has 0 spiro atoms. The average Bonchev–Trinajstić information content (AvgIpc) is 3.02. The first kappa shape index (κ1) is 12.0. The fourth-order valence-corrected chi connectivity index (χ4v) is 3.55. The largest absolute Gasteiger partial charge is 0.231 e. The minimum absolute atomic E-state index is 0.235. The first-order valence-electron chi connectivity index (χ1n) is 5.99. The summed E-state index contributed by atoms with van der Waals surface area (Å²) in [7, 11) is 0. The number of benzene rings is 1. The highest BCUT2D eigenvalue weighted by Gasteiger charge is 2.27. The number of alkyl halides is 1. The quantitative estimate of drug-likeness (QED) is 0.811. The summed E-state index contributed by atoms with van der Waals surface area (Å²) < 4.78 is 0. The van der Waals surface area contributed by atoms with Gasteiger partial charge < -0.3 is 0 Å². The lowest BCUT2D eigenvalue weighted by Gasteiger charge is -2.09. The molecule has 1 saturated carbocycles. The van der Waals surface area contributed by atoms with Crippen LogP contribution in [0.5, 0.6) is 0 Å². The van der Waals surface area contributed by atoms with Crippen molar-refractivity contribution in [3.63, 3.8) is 0 Å². The number of aromatic nitrogens is 4. The molecule has 2 atom stereocenters. The molecule has 3 rings (SSSR count).